The molecule has 116 valence electrons. The number of morpholine rings is 1. The molecule has 1 fully saturated rings. The van der Waals surface area contributed by atoms with Gasteiger partial charge in [0.1, 0.15) is 23.9 Å². The molecule has 1 saturated heterocycles. The first-order chi connectivity index (χ1) is 10.5. The number of hydrogen-bond donors (Lipinski definition) is 0. The fourth-order valence-electron chi connectivity index (χ4n) is 2.64. The summed E-state index contributed by atoms with van der Waals surface area (Å²) in [5.74, 6) is 0.410. The highest BCUT2D eigenvalue weighted by Crippen LogP contribution is 2.25. The highest BCUT2D eigenvalue weighted by atomic mass is 19.1. The summed E-state index contributed by atoms with van der Waals surface area (Å²) in [5, 5.41) is 0. The Morgan fingerprint density at radius 2 is 2.14 bits per heavy atom. The van der Waals surface area contributed by atoms with E-state index in [1.165, 1.54) is 12.3 Å². The van der Waals surface area contributed by atoms with Crippen LogP contribution in [0, 0.1) is 19.7 Å². The van der Waals surface area contributed by atoms with Crippen LogP contribution in [0.3, 0.4) is 0 Å². The highest BCUT2D eigenvalue weighted by Gasteiger charge is 2.27. The van der Waals surface area contributed by atoms with Gasteiger partial charge in [0, 0.05) is 6.54 Å². The van der Waals surface area contributed by atoms with Crippen molar-refractivity contribution >= 4 is 5.91 Å². The molecule has 2 aromatic rings. The predicted octanol–water partition coefficient (Wildman–Crippen LogP) is 3.25. The molecule has 1 amide bonds. The fraction of sp³-hybridized carbons (Fsp3) is 0.353. The van der Waals surface area contributed by atoms with Gasteiger partial charge in [-0.05, 0) is 37.1 Å². The minimum Gasteiger partial charge on any atom is -0.469 e. The lowest BCUT2D eigenvalue weighted by Crippen LogP contribution is -2.42. The van der Waals surface area contributed by atoms with Gasteiger partial charge in [-0.3, -0.25) is 4.79 Å². The predicted molar refractivity (Wildman–Crippen MR) is 79.2 cm³/mol. The van der Waals surface area contributed by atoms with Crippen molar-refractivity contribution in [3.8, 4) is 0 Å². The number of aryl methyl sites for hydroxylation is 2. The summed E-state index contributed by atoms with van der Waals surface area (Å²) >= 11 is 0. The van der Waals surface area contributed by atoms with E-state index in [1.54, 1.807) is 36.9 Å². The molecule has 0 saturated carbocycles. The number of ether oxygens (including phenoxy) is 1. The zero-order valence-corrected chi connectivity index (χ0v) is 12.6. The summed E-state index contributed by atoms with van der Waals surface area (Å²) in [5.41, 5.74) is 2.02. The molecule has 0 N–H and O–H groups in total. The minimum atomic E-state index is -0.235. The van der Waals surface area contributed by atoms with E-state index in [9.17, 15) is 9.18 Å². The first-order valence-corrected chi connectivity index (χ1v) is 7.26. The summed E-state index contributed by atoms with van der Waals surface area (Å²) in [7, 11) is 0. The molecule has 0 unspecified atom stereocenters. The van der Waals surface area contributed by atoms with Crippen molar-refractivity contribution in [3.05, 3.63) is 58.8 Å². The van der Waals surface area contributed by atoms with E-state index in [0.29, 0.717) is 36.6 Å². The number of halogens is 1. The SMILES string of the molecule is Cc1cc(C(=O)N2CCO[C@@H](c3ccc(F)c(C)c3)C2)co1. The van der Waals surface area contributed by atoms with Gasteiger partial charge in [0.25, 0.3) is 5.91 Å². The van der Waals surface area contributed by atoms with Crippen LogP contribution in [-0.4, -0.2) is 30.5 Å². The maximum absolute atomic E-state index is 13.4. The number of carbonyl (C=O) groups excluding carboxylic acids is 1. The molecule has 3 rings (SSSR count). The lowest BCUT2D eigenvalue weighted by atomic mass is 10.0. The molecule has 22 heavy (non-hydrogen) atoms. The van der Waals surface area contributed by atoms with Gasteiger partial charge in [-0.2, -0.15) is 0 Å². The van der Waals surface area contributed by atoms with Gasteiger partial charge in [-0.15, -0.1) is 0 Å². The minimum absolute atomic E-state index is 0.0658. The molecule has 5 heteroatoms. The van der Waals surface area contributed by atoms with E-state index >= 15 is 0 Å². The molecule has 1 aliphatic rings. The summed E-state index contributed by atoms with van der Waals surface area (Å²) in [6, 6.07) is 6.65. The van der Waals surface area contributed by atoms with Crippen LogP contribution in [0.2, 0.25) is 0 Å². The van der Waals surface area contributed by atoms with Crippen molar-refractivity contribution in [2.24, 2.45) is 0 Å². The summed E-state index contributed by atoms with van der Waals surface area (Å²) in [4.78, 5) is 14.2. The summed E-state index contributed by atoms with van der Waals surface area (Å²) in [6.45, 7) is 4.98. The summed E-state index contributed by atoms with van der Waals surface area (Å²) in [6.07, 6.45) is 1.24. The Kier molecular flexibility index (Phi) is 3.98. The molecule has 0 spiro atoms. The smallest absolute Gasteiger partial charge is 0.257 e. The third kappa shape index (κ3) is 2.90. The molecule has 1 aromatic carbocycles. The number of carbonyl (C=O) groups is 1. The van der Waals surface area contributed by atoms with Crippen molar-refractivity contribution in [1.82, 2.24) is 4.90 Å². The van der Waals surface area contributed by atoms with Gasteiger partial charge < -0.3 is 14.1 Å². The van der Waals surface area contributed by atoms with Gasteiger partial charge in [0.2, 0.25) is 0 Å². The molecule has 2 heterocycles. The van der Waals surface area contributed by atoms with Crippen LogP contribution in [0.4, 0.5) is 4.39 Å². The third-order valence-electron chi connectivity index (χ3n) is 3.88. The topological polar surface area (TPSA) is 42.7 Å². The van der Waals surface area contributed by atoms with Crippen molar-refractivity contribution in [2.45, 2.75) is 20.0 Å². The number of amides is 1. The zero-order valence-electron chi connectivity index (χ0n) is 12.6. The van der Waals surface area contributed by atoms with Crippen LogP contribution in [0.1, 0.15) is 33.3 Å². The first-order valence-electron chi connectivity index (χ1n) is 7.26. The number of hydrogen-bond acceptors (Lipinski definition) is 3. The van der Waals surface area contributed by atoms with Gasteiger partial charge in [0.15, 0.2) is 0 Å². The van der Waals surface area contributed by atoms with Gasteiger partial charge in [0.05, 0.1) is 18.7 Å². The van der Waals surface area contributed by atoms with E-state index in [0.717, 1.165) is 5.56 Å². The molecule has 1 aliphatic heterocycles. The largest absolute Gasteiger partial charge is 0.469 e. The molecule has 4 nitrogen and oxygen atoms in total. The standard InChI is InChI=1S/C17H18FNO3/c1-11-7-13(3-4-15(11)18)16-9-19(5-6-21-16)17(20)14-8-12(2)22-10-14/h3-4,7-8,10,16H,5-6,9H2,1-2H3/t16-/m1/s1. The molecule has 0 aliphatic carbocycles. The van der Waals surface area contributed by atoms with E-state index in [-0.39, 0.29) is 17.8 Å². The Morgan fingerprint density at radius 3 is 2.82 bits per heavy atom. The maximum Gasteiger partial charge on any atom is 0.257 e. The van der Waals surface area contributed by atoms with E-state index in [1.807, 2.05) is 0 Å². The monoisotopic (exact) mass is 303 g/mol. The lowest BCUT2D eigenvalue weighted by molar-refractivity contribution is -0.0228. The Hall–Kier alpha value is -2.14. The number of furan rings is 1. The van der Waals surface area contributed by atoms with Crippen LogP contribution < -0.4 is 0 Å². The third-order valence-corrected chi connectivity index (χ3v) is 3.88. The fourth-order valence-corrected chi connectivity index (χ4v) is 2.64. The van der Waals surface area contributed by atoms with Crippen molar-refractivity contribution in [1.29, 1.82) is 0 Å². The molecule has 1 aromatic heterocycles. The van der Waals surface area contributed by atoms with Gasteiger partial charge >= 0.3 is 0 Å². The maximum atomic E-state index is 13.4. The average molecular weight is 303 g/mol. The Labute approximate surface area is 128 Å². The normalized spacial score (nSPS) is 18.5. The van der Waals surface area contributed by atoms with E-state index in [4.69, 9.17) is 9.15 Å². The Balaban J connectivity index is 1.76. The molecular weight excluding hydrogens is 285 g/mol. The second-order valence-corrected chi connectivity index (χ2v) is 5.57. The van der Waals surface area contributed by atoms with Crippen LogP contribution in [0.5, 0.6) is 0 Å². The van der Waals surface area contributed by atoms with Crippen LogP contribution in [-0.2, 0) is 4.74 Å². The second-order valence-electron chi connectivity index (χ2n) is 5.57. The highest BCUT2D eigenvalue weighted by molar-refractivity contribution is 5.94. The van der Waals surface area contributed by atoms with E-state index < -0.39 is 0 Å². The molecule has 0 radical (unpaired) electrons. The Morgan fingerprint density at radius 1 is 1.32 bits per heavy atom. The van der Waals surface area contributed by atoms with Crippen LogP contribution in [0.15, 0.2) is 34.9 Å². The van der Waals surface area contributed by atoms with Crippen LogP contribution >= 0.6 is 0 Å². The van der Waals surface area contributed by atoms with Crippen LogP contribution in [0.25, 0.3) is 0 Å². The Bertz CT molecular complexity index is 695. The van der Waals surface area contributed by atoms with Crippen molar-refractivity contribution in [2.75, 3.05) is 19.7 Å². The molecule has 0 bridgehead atoms. The lowest BCUT2D eigenvalue weighted by Gasteiger charge is -2.33. The second kappa shape index (κ2) is 5.93. The quantitative estimate of drug-likeness (QED) is 0.855. The molecule has 1 atom stereocenters. The van der Waals surface area contributed by atoms with Crippen molar-refractivity contribution in [3.63, 3.8) is 0 Å². The zero-order chi connectivity index (χ0) is 15.7. The van der Waals surface area contributed by atoms with Crippen molar-refractivity contribution < 1.29 is 18.3 Å². The van der Waals surface area contributed by atoms with Gasteiger partial charge in [-0.25, -0.2) is 4.39 Å². The number of benzene rings is 1. The van der Waals surface area contributed by atoms with E-state index in [2.05, 4.69) is 0 Å². The summed E-state index contributed by atoms with van der Waals surface area (Å²) < 4.78 is 24.3. The average Bonchev–Trinajstić information content (AvgIpc) is 2.96. The number of nitrogens with zero attached hydrogens (tertiary/aromatic N) is 1. The van der Waals surface area contributed by atoms with Gasteiger partial charge in [-0.1, -0.05) is 12.1 Å². The molecular formula is C17H18FNO3. The number of rotatable bonds is 2. The first kappa shape index (κ1) is 14.8.